The largest absolute Gasteiger partial charge is 0.352 e. The number of nitrogens with one attached hydrogen (secondary N) is 1. The highest BCUT2D eigenvalue weighted by molar-refractivity contribution is 6.34. The molecule has 1 N–H and O–H groups in total. The smallest absolute Gasteiger partial charge is 0.251 e. The zero-order valence-electron chi connectivity index (χ0n) is 20.0. The van der Waals surface area contributed by atoms with Gasteiger partial charge in [-0.05, 0) is 79.6 Å². The van der Waals surface area contributed by atoms with Crippen LogP contribution in [-0.4, -0.2) is 23.9 Å². The molecule has 1 heterocycles. The molecule has 1 unspecified atom stereocenters. The number of hydrogen-bond donors (Lipinski definition) is 1. The summed E-state index contributed by atoms with van der Waals surface area (Å²) in [4.78, 5) is 14.9. The monoisotopic (exact) mass is 494 g/mol. The van der Waals surface area contributed by atoms with Crippen LogP contribution in [0.4, 0.5) is 0 Å². The third kappa shape index (κ3) is 5.66. The molecule has 34 heavy (non-hydrogen) atoms. The van der Waals surface area contributed by atoms with Crippen molar-refractivity contribution in [1.82, 2.24) is 10.2 Å². The number of carbonyl (C=O) groups excluding carboxylic acids is 1. The molecule has 0 spiro atoms. The molecule has 5 heteroatoms. The van der Waals surface area contributed by atoms with Gasteiger partial charge < -0.3 is 5.32 Å². The molecule has 178 valence electrons. The lowest BCUT2D eigenvalue weighted by Crippen LogP contribution is -2.27. The number of benzene rings is 3. The summed E-state index contributed by atoms with van der Waals surface area (Å²) < 4.78 is 0. The van der Waals surface area contributed by atoms with Gasteiger partial charge in [0.15, 0.2) is 0 Å². The summed E-state index contributed by atoms with van der Waals surface area (Å²) in [6, 6.07) is 23.2. The van der Waals surface area contributed by atoms with E-state index >= 15 is 0 Å². The third-order valence-corrected chi connectivity index (χ3v) is 7.28. The molecule has 3 nitrogen and oxygen atoms in total. The second kappa shape index (κ2) is 10.9. The van der Waals surface area contributed by atoms with Crippen LogP contribution >= 0.6 is 23.2 Å². The van der Waals surface area contributed by atoms with Crippen LogP contribution in [0.15, 0.2) is 66.7 Å². The topological polar surface area (TPSA) is 32.3 Å². The second-order valence-corrected chi connectivity index (χ2v) is 10.2. The molecule has 0 saturated carbocycles. The van der Waals surface area contributed by atoms with E-state index in [4.69, 9.17) is 23.2 Å². The van der Waals surface area contributed by atoms with Gasteiger partial charge in [-0.1, -0.05) is 72.1 Å². The van der Waals surface area contributed by atoms with Gasteiger partial charge in [0.05, 0.1) is 0 Å². The quantitative estimate of drug-likeness (QED) is 0.364. The van der Waals surface area contributed by atoms with Crippen LogP contribution < -0.4 is 5.32 Å². The highest BCUT2D eigenvalue weighted by atomic mass is 35.5. The summed E-state index contributed by atoms with van der Waals surface area (Å²) in [7, 11) is 0. The van der Waals surface area contributed by atoms with Gasteiger partial charge >= 0.3 is 0 Å². The van der Waals surface area contributed by atoms with Gasteiger partial charge in [-0.3, -0.25) is 9.69 Å². The van der Waals surface area contributed by atoms with Gasteiger partial charge in [0, 0.05) is 40.8 Å². The Hall–Kier alpha value is -2.33. The van der Waals surface area contributed by atoms with E-state index in [2.05, 4.69) is 67.4 Å². The molecular weight excluding hydrogens is 463 g/mol. The van der Waals surface area contributed by atoms with Gasteiger partial charge in [0.1, 0.15) is 0 Å². The summed E-state index contributed by atoms with van der Waals surface area (Å²) in [5.74, 6) is 0.321. The minimum absolute atomic E-state index is 0.0161. The first-order valence-corrected chi connectivity index (χ1v) is 12.8. The highest BCUT2D eigenvalue weighted by Crippen LogP contribution is 2.45. The van der Waals surface area contributed by atoms with Crippen molar-refractivity contribution in [3.05, 3.63) is 105 Å². The molecule has 3 aromatic carbocycles. The molecule has 1 fully saturated rings. The Kier molecular flexibility index (Phi) is 7.98. The summed E-state index contributed by atoms with van der Waals surface area (Å²) in [6.07, 6.45) is 1.93. The average molecular weight is 495 g/mol. The third-order valence-electron chi connectivity index (χ3n) is 6.85. The van der Waals surface area contributed by atoms with E-state index in [0.29, 0.717) is 28.1 Å². The van der Waals surface area contributed by atoms with Crippen LogP contribution in [0.2, 0.25) is 10.0 Å². The molecule has 0 aromatic heterocycles. The molecule has 1 aliphatic heterocycles. The van der Waals surface area contributed by atoms with Crippen LogP contribution in [-0.2, 0) is 0 Å². The van der Waals surface area contributed by atoms with Gasteiger partial charge in [-0.2, -0.15) is 0 Å². The fraction of sp³-hybridized carbons (Fsp3) is 0.345. The molecular formula is C29H32Cl2N2O. The van der Waals surface area contributed by atoms with Crippen molar-refractivity contribution in [2.45, 2.75) is 51.6 Å². The highest BCUT2D eigenvalue weighted by Gasteiger charge is 2.37. The number of aryl methyl sites for hydroxylation is 1. The van der Waals surface area contributed by atoms with Crippen molar-refractivity contribution in [2.75, 3.05) is 13.1 Å². The second-order valence-electron chi connectivity index (χ2n) is 9.31. The van der Waals surface area contributed by atoms with Crippen molar-refractivity contribution < 1.29 is 4.79 Å². The van der Waals surface area contributed by atoms with Crippen LogP contribution in [0.1, 0.15) is 77.3 Å². The van der Waals surface area contributed by atoms with Crippen LogP contribution in [0.5, 0.6) is 0 Å². The molecule has 0 radical (unpaired) electrons. The Morgan fingerprint density at radius 2 is 1.65 bits per heavy atom. The molecule has 3 atom stereocenters. The number of likely N-dealkylation sites (tertiary alicyclic amines) is 1. The van der Waals surface area contributed by atoms with Crippen LogP contribution in [0.3, 0.4) is 0 Å². The van der Waals surface area contributed by atoms with Crippen molar-refractivity contribution in [3.63, 3.8) is 0 Å². The molecule has 1 aliphatic rings. The lowest BCUT2D eigenvalue weighted by atomic mass is 9.93. The SMILES string of the molecule is CCCNC(=O)c1ccc(C(C)N2C[C@H](c3cc(Cl)cc(Cl)c3)C[C@@H]2c2ccc(C)cc2)cc1. The van der Waals surface area contributed by atoms with E-state index in [9.17, 15) is 4.79 Å². The van der Waals surface area contributed by atoms with E-state index in [1.54, 1.807) is 6.07 Å². The van der Waals surface area contributed by atoms with Crippen molar-refractivity contribution in [2.24, 2.45) is 0 Å². The van der Waals surface area contributed by atoms with Crippen molar-refractivity contribution >= 4 is 29.1 Å². The molecule has 4 rings (SSSR count). The summed E-state index contributed by atoms with van der Waals surface area (Å²) in [5.41, 5.74) is 5.67. The van der Waals surface area contributed by atoms with Gasteiger partial charge in [0.25, 0.3) is 5.91 Å². The Labute approximate surface area is 213 Å². The maximum absolute atomic E-state index is 12.3. The van der Waals surface area contributed by atoms with E-state index in [-0.39, 0.29) is 18.0 Å². The summed E-state index contributed by atoms with van der Waals surface area (Å²) in [6.45, 7) is 8.03. The first-order chi connectivity index (χ1) is 16.4. The van der Waals surface area contributed by atoms with Gasteiger partial charge in [-0.15, -0.1) is 0 Å². The Bertz CT molecular complexity index is 1110. The van der Waals surface area contributed by atoms with Gasteiger partial charge in [-0.25, -0.2) is 0 Å². The Morgan fingerprint density at radius 3 is 2.26 bits per heavy atom. The standard InChI is InChI=1S/C29H32Cl2N2O/c1-4-13-32-29(34)23-11-9-21(10-12-23)20(3)33-18-25(24-14-26(30)17-27(31)15-24)16-28(33)22-7-5-19(2)6-8-22/h5-12,14-15,17,20,25,28H,4,13,16,18H2,1-3H3,(H,32,34)/t20?,25-,28-/m1/s1. The zero-order valence-corrected chi connectivity index (χ0v) is 21.5. The molecule has 1 amide bonds. The molecule has 0 aliphatic carbocycles. The Morgan fingerprint density at radius 1 is 1.00 bits per heavy atom. The van der Waals surface area contributed by atoms with Crippen molar-refractivity contribution in [3.8, 4) is 0 Å². The maximum Gasteiger partial charge on any atom is 0.251 e. The predicted octanol–water partition coefficient (Wildman–Crippen LogP) is 7.73. The molecule has 0 bridgehead atoms. The van der Waals surface area contributed by atoms with E-state index < -0.39 is 0 Å². The van der Waals surface area contributed by atoms with E-state index in [1.807, 2.05) is 24.3 Å². The fourth-order valence-corrected chi connectivity index (χ4v) is 5.45. The summed E-state index contributed by atoms with van der Waals surface area (Å²) >= 11 is 12.7. The maximum atomic E-state index is 12.3. The lowest BCUT2D eigenvalue weighted by Gasteiger charge is -2.31. The number of amides is 1. The Balaban J connectivity index is 1.61. The zero-order chi connectivity index (χ0) is 24.2. The van der Waals surface area contributed by atoms with Crippen LogP contribution in [0, 0.1) is 6.92 Å². The number of rotatable bonds is 7. The predicted molar refractivity (Wildman–Crippen MR) is 142 cm³/mol. The fourth-order valence-electron chi connectivity index (χ4n) is 4.90. The number of hydrogen-bond acceptors (Lipinski definition) is 2. The number of nitrogens with zero attached hydrogens (tertiary/aromatic N) is 1. The molecule has 3 aromatic rings. The van der Waals surface area contributed by atoms with E-state index in [1.165, 1.54) is 22.3 Å². The molecule has 1 saturated heterocycles. The number of halogens is 2. The minimum atomic E-state index is -0.0161. The first kappa shape index (κ1) is 24.8. The average Bonchev–Trinajstić information content (AvgIpc) is 3.27. The first-order valence-electron chi connectivity index (χ1n) is 12.0. The number of carbonyl (C=O) groups is 1. The van der Waals surface area contributed by atoms with Crippen molar-refractivity contribution in [1.29, 1.82) is 0 Å². The summed E-state index contributed by atoms with van der Waals surface area (Å²) in [5, 5.41) is 4.30. The van der Waals surface area contributed by atoms with Crippen LogP contribution in [0.25, 0.3) is 0 Å². The van der Waals surface area contributed by atoms with E-state index in [0.717, 1.165) is 19.4 Å². The van der Waals surface area contributed by atoms with Gasteiger partial charge in [0.2, 0.25) is 0 Å². The minimum Gasteiger partial charge on any atom is -0.352 e. The lowest BCUT2D eigenvalue weighted by molar-refractivity contribution is 0.0953. The normalized spacial score (nSPS) is 19.2.